The summed E-state index contributed by atoms with van der Waals surface area (Å²) in [5, 5.41) is 8.83. The highest BCUT2D eigenvalue weighted by Gasteiger charge is 2.00. The Morgan fingerprint density at radius 3 is 2.87 bits per heavy atom. The number of carboxylic acids is 1. The van der Waals surface area contributed by atoms with Crippen LogP contribution in [0.4, 0.5) is 0 Å². The van der Waals surface area contributed by atoms with Crippen molar-refractivity contribution in [1.82, 2.24) is 0 Å². The molecular formula is C10H13ClO3S. The molecule has 0 saturated carbocycles. The molecule has 0 radical (unpaired) electrons. The quantitative estimate of drug-likeness (QED) is 0.752. The summed E-state index contributed by atoms with van der Waals surface area (Å²) in [6.07, 6.45) is 1.92. The summed E-state index contributed by atoms with van der Waals surface area (Å²) in [6.45, 7) is 0. The molecule has 0 spiro atoms. The molecule has 0 unspecified atom stereocenters. The zero-order valence-corrected chi connectivity index (χ0v) is 9.81. The molecule has 0 amide bonds. The van der Waals surface area contributed by atoms with Gasteiger partial charge in [-0.2, -0.15) is 11.8 Å². The smallest absolute Gasteiger partial charge is 0.303 e. The average Bonchev–Trinajstić information content (AvgIpc) is 2.57. The van der Waals surface area contributed by atoms with E-state index in [2.05, 4.69) is 0 Å². The Kier molecular flexibility index (Phi) is 5.65. The van der Waals surface area contributed by atoms with Gasteiger partial charge >= 0.3 is 5.97 Å². The van der Waals surface area contributed by atoms with Gasteiger partial charge in [-0.05, 0) is 42.3 Å². The molecule has 0 saturated heterocycles. The molecule has 15 heavy (non-hydrogen) atoms. The van der Waals surface area contributed by atoms with Crippen LogP contribution in [-0.2, 0) is 10.5 Å². The molecule has 0 aromatic carbocycles. The zero-order valence-electron chi connectivity index (χ0n) is 8.24. The lowest BCUT2D eigenvalue weighted by Gasteiger charge is -1.98. The van der Waals surface area contributed by atoms with Gasteiger partial charge in [0.1, 0.15) is 5.76 Å². The molecule has 0 aliphatic rings. The van der Waals surface area contributed by atoms with E-state index in [1.165, 1.54) is 0 Å². The standard InChI is InChI=1S/C10H13ClO3S/c11-9-5-4-8(14-9)7-15-6-2-1-3-10(12)13/h4-5H,1-3,6-7H2,(H,12,13). The molecule has 1 aromatic heterocycles. The number of unbranched alkanes of at least 4 members (excludes halogenated alkanes) is 1. The van der Waals surface area contributed by atoms with Crippen molar-refractivity contribution in [2.75, 3.05) is 5.75 Å². The van der Waals surface area contributed by atoms with E-state index in [4.69, 9.17) is 21.1 Å². The lowest BCUT2D eigenvalue weighted by molar-refractivity contribution is -0.137. The number of halogens is 1. The third-order valence-corrected chi connectivity index (χ3v) is 3.07. The van der Waals surface area contributed by atoms with Gasteiger partial charge in [-0.3, -0.25) is 4.79 Å². The summed E-state index contributed by atoms with van der Waals surface area (Å²) in [4.78, 5) is 10.2. The van der Waals surface area contributed by atoms with E-state index in [1.54, 1.807) is 17.8 Å². The van der Waals surface area contributed by atoms with Crippen LogP contribution >= 0.6 is 23.4 Å². The summed E-state index contributed by atoms with van der Waals surface area (Å²) in [5.41, 5.74) is 0. The van der Waals surface area contributed by atoms with Crippen molar-refractivity contribution in [2.45, 2.75) is 25.0 Å². The molecular weight excluding hydrogens is 236 g/mol. The second kappa shape index (κ2) is 6.80. The number of hydrogen-bond acceptors (Lipinski definition) is 3. The highest BCUT2D eigenvalue weighted by atomic mass is 35.5. The van der Waals surface area contributed by atoms with E-state index in [0.717, 1.165) is 30.1 Å². The maximum absolute atomic E-state index is 10.2. The molecule has 84 valence electrons. The van der Waals surface area contributed by atoms with Crippen LogP contribution in [0.5, 0.6) is 0 Å². The maximum atomic E-state index is 10.2. The van der Waals surface area contributed by atoms with Crippen LogP contribution in [0.15, 0.2) is 16.5 Å². The van der Waals surface area contributed by atoms with E-state index in [9.17, 15) is 4.79 Å². The number of furan rings is 1. The molecule has 1 rings (SSSR count). The van der Waals surface area contributed by atoms with Crippen molar-refractivity contribution < 1.29 is 14.3 Å². The highest BCUT2D eigenvalue weighted by molar-refractivity contribution is 7.98. The Labute approximate surface area is 97.8 Å². The summed E-state index contributed by atoms with van der Waals surface area (Å²) >= 11 is 7.34. The minimum Gasteiger partial charge on any atom is -0.481 e. The van der Waals surface area contributed by atoms with Crippen LogP contribution in [0, 0.1) is 0 Å². The third kappa shape index (κ3) is 5.74. The van der Waals surface area contributed by atoms with Crippen LogP contribution in [-0.4, -0.2) is 16.8 Å². The van der Waals surface area contributed by atoms with Crippen molar-refractivity contribution >= 4 is 29.3 Å². The van der Waals surface area contributed by atoms with Gasteiger partial charge in [0, 0.05) is 6.42 Å². The summed E-state index contributed by atoms with van der Waals surface area (Å²) in [6, 6.07) is 3.58. The predicted molar refractivity (Wildman–Crippen MR) is 61.4 cm³/mol. The molecule has 0 aliphatic carbocycles. The van der Waals surface area contributed by atoms with Crippen LogP contribution in [0.2, 0.25) is 5.22 Å². The monoisotopic (exact) mass is 248 g/mol. The first-order valence-corrected chi connectivity index (χ1v) is 6.25. The second-order valence-electron chi connectivity index (χ2n) is 3.11. The molecule has 0 aliphatic heterocycles. The summed E-state index contributed by atoms with van der Waals surface area (Å²) in [5.74, 6) is 1.88. The van der Waals surface area contributed by atoms with E-state index >= 15 is 0 Å². The van der Waals surface area contributed by atoms with Crippen LogP contribution < -0.4 is 0 Å². The molecule has 1 aromatic rings. The summed E-state index contributed by atoms with van der Waals surface area (Å²) < 4.78 is 5.18. The van der Waals surface area contributed by atoms with Gasteiger partial charge in [-0.25, -0.2) is 0 Å². The van der Waals surface area contributed by atoms with Crippen molar-refractivity contribution in [3.05, 3.63) is 23.1 Å². The lowest BCUT2D eigenvalue weighted by Crippen LogP contribution is -1.94. The zero-order chi connectivity index (χ0) is 11.1. The van der Waals surface area contributed by atoms with Gasteiger partial charge in [0.15, 0.2) is 5.22 Å². The molecule has 5 heteroatoms. The van der Waals surface area contributed by atoms with E-state index in [1.807, 2.05) is 6.07 Å². The fraction of sp³-hybridized carbons (Fsp3) is 0.500. The van der Waals surface area contributed by atoms with E-state index < -0.39 is 5.97 Å². The topological polar surface area (TPSA) is 50.4 Å². The number of aliphatic carboxylic acids is 1. The molecule has 3 nitrogen and oxygen atoms in total. The van der Waals surface area contributed by atoms with Gasteiger partial charge in [0.2, 0.25) is 0 Å². The van der Waals surface area contributed by atoms with Crippen molar-refractivity contribution in [1.29, 1.82) is 0 Å². The first-order valence-electron chi connectivity index (χ1n) is 4.72. The SMILES string of the molecule is O=C(O)CCCCSCc1ccc(Cl)o1. The Morgan fingerprint density at radius 1 is 1.47 bits per heavy atom. The second-order valence-corrected chi connectivity index (χ2v) is 4.59. The minimum atomic E-state index is -0.724. The Hall–Kier alpha value is -0.610. The first kappa shape index (κ1) is 12.5. The van der Waals surface area contributed by atoms with Crippen molar-refractivity contribution in [3.8, 4) is 0 Å². The van der Waals surface area contributed by atoms with Gasteiger partial charge in [-0.15, -0.1) is 0 Å². The van der Waals surface area contributed by atoms with Gasteiger partial charge in [0.25, 0.3) is 0 Å². The average molecular weight is 249 g/mol. The fourth-order valence-electron chi connectivity index (χ4n) is 1.08. The molecule has 1 N–H and O–H groups in total. The predicted octanol–water partition coefficient (Wildman–Crippen LogP) is 3.42. The van der Waals surface area contributed by atoms with Crippen LogP contribution in [0.1, 0.15) is 25.0 Å². The Morgan fingerprint density at radius 2 is 2.27 bits per heavy atom. The molecule has 0 fully saturated rings. The van der Waals surface area contributed by atoms with Crippen molar-refractivity contribution in [2.24, 2.45) is 0 Å². The van der Waals surface area contributed by atoms with Crippen LogP contribution in [0.25, 0.3) is 0 Å². The van der Waals surface area contributed by atoms with Crippen molar-refractivity contribution in [3.63, 3.8) is 0 Å². The van der Waals surface area contributed by atoms with Crippen LogP contribution in [0.3, 0.4) is 0 Å². The lowest BCUT2D eigenvalue weighted by atomic mass is 10.3. The Bertz CT molecular complexity index is 311. The molecule has 0 atom stereocenters. The number of hydrogen-bond donors (Lipinski definition) is 1. The Balaban J connectivity index is 2.00. The number of carboxylic acid groups (broad SMARTS) is 1. The normalized spacial score (nSPS) is 10.5. The van der Waals surface area contributed by atoms with Gasteiger partial charge in [-0.1, -0.05) is 0 Å². The van der Waals surface area contributed by atoms with E-state index in [-0.39, 0.29) is 6.42 Å². The first-order chi connectivity index (χ1) is 7.18. The highest BCUT2D eigenvalue weighted by Crippen LogP contribution is 2.19. The molecule has 1 heterocycles. The molecule has 0 bridgehead atoms. The van der Waals surface area contributed by atoms with E-state index in [0.29, 0.717) is 5.22 Å². The number of carbonyl (C=O) groups is 1. The van der Waals surface area contributed by atoms with Gasteiger partial charge in [0.05, 0.1) is 5.75 Å². The number of thioether (sulfide) groups is 1. The third-order valence-electron chi connectivity index (χ3n) is 1.80. The summed E-state index contributed by atoms with van der Waals surface area (Å²) in [7, 11) is 0. The fourth-order valence-corrected chi connectivity index (χ4v) is 2.15. The van der Waals surface area contributed by atoms with Gasteiger partial charge < -0.3 is 9.52 Å². The largest absolute Gasteiger partial charge is 0.481 e. The maximum Gasteiger partial charge on any atom is 0.303 e. The number of rotatable bonds is 7. The minimum absolute atomic E-state index is 0.257.